The van der Waals surface area contributed by atoms with Gasteiger partial charge in [-0.2, -0.15) is 18.3 Å². The quantitative estimate of drug-likeness (QED) is 0.742. The van der Waals surface area contributed by atoms with Gasteiger partial charge in [-0.25, -0.2) is 9.50 Å². The van der Waals surface area contributed by atoms with Crippen LogP contribution in [0.25, 0.3) is 16.9 Å². The highest BCUT2D eigenvalue weighted by Gasteiger charge is 2.36. The fraction of sp³-hybridized carbons (Fsp3) is 0.316. The van der Waals surface area contributed by atoms with Crippen LogP contribution in [0.2, 0.25) is 0 Å². The van der Waals surface area contributed by atoms with Crippen molar-refractivity contribution >= 4 is 11.6 Å². The van der Waals surface area contributed by atoms with E-state index in [2.05, 4.69) is 15.4 Å². The molecule has 146 valence electrons. The van der Waals surface area contributed by atoms with Crippen LogP contribution in [0.15, 0.2) is 42.6 Å². The van der Waals surface area contributed by atoms with Crippen molar-refractivity contribution in [2.75, 3.05) is 13.2 Å². The number of alkyl halides is 3. The van der Waals surface area contributed by atoms with Gasteiger partial charge < -0.3 is 10.1 Å². The fourth-order valence-electron chi connectivity index (χ4n) is 3.19. The molecule has 1 fully saturated rings. The van der Waals surface area contributed by atoms with E-state index in [0.29, 0.717) is 23.2 Å². The van der Waals surface area contributed by atoms with Crippen LogP contribution in [0, 0.1) is 0 Å². The van der Waals surface area contributed by atoms with E-state index in [0.717, 1.165) is 25.1 Å². The number of carbonyl (C=O) groups is 1. The van der Waals surface area contributed by atoms with E-state index >= 15 is 0 Å². The molecular weight excluding hydrogens is 373 g/mol. The lowest BCUT2D eigenvalue weighted by Crippen LogP contribution is -2.31. The third-order valence-corrected chi connectivity index (χ3v) is 4.59. The lowest BCUT2D eigenvalue weighted by Gasteiger charge is -2.12. The molecule has 9 heteroatoms. The normalized spacial score (nSPS) is 17.2. The molecule has 1 atom stereocenters. The van der Waals surface area contributed by atoms with Crippen molar-refractivity contribution in [2.24, 2.45) is 0 Å². The van der Waals surface area contributed by atoms with E-state index in [-0.39, 0.29) is 23.0 Å². The second-order valence-electron chi connectivity index (χ2n) is 6.53. The molecule has 28 heavy (non-hydrogen) atoms. The average molecular weight is 390 g/mol. The first-order chi connectivity index (χ1) is 13.4. The summed E-state index contributed by atoms with van der Waals surface area (Å²) in [5, 5.41) is 6.46. The number of rotatable bonds is 4. The van der Waals surface area contributed by atoms with Gasteiger partial charge in [0.2, 0.25) is 0 Å². The van der Waals surface area contributed by atoms with Gasteiger partial charge in [0.1, 0.15) is 5.56 Å². The highest BCUT2D eigenvalue weighted by molar-refractivity contribution is 5.99. The SMILES string of the molecule is O=C(NCC1CCCO1)c1cnn2c(C(F)(F)F)cc(-c3ccccc3)nc12. The van der Waals surface area contributed by atoms with E-state index < -0.39 is 17.8 Å². The predicted molar refractivity (Wildman–Crippen MR) is 94.7 cm³/mol. The Morgan fingerprint density at radius 2 is 2.07 bits per heavy atom. The van der Waals surface area contributed by atoms with E-state index in [9.17, 15) is 18.0 Å². The third kappa shape index (κ3) is 3.57. The summed E-state index contributed by atoms with van der Waals surface area (Å²) in [4.78, 5) is 16.8. The monoisotopic (exact) mass is 390 g/mol. The summed E-state index contributed by atoms with van der Waals surface area (Å²) < 4.78 is 46.8. The summed E-state index contributed by atoms with van der Waals surface area (Å²) in [5.74, 6) is -0.531. The first-order valence-electron chi connectivity index (χ1n) is 8.84. The smallest absolute Gasteiger partial charge is 0.376 e. The van der Waals surface area contributed by atoms with Crippen molar-refractivity contribution in [1.29, 1.82) is 0 Å². The summed E-state index contributed by atoms with van der Waals surface area (Å²) in [6, 6.07) is 9.43. The molecule has 6 nitrogen and oxygen atoms in total. The van der Waals surface area contributed by atoms with Crippen molar-refractivity contribution in [3.8, 4) is 11.3 Å². The summed E-state index contributed by atoms with van der Waals surface area (Å²) in [5.41, 5.74) is -0.508. The largest absolute Gasteiger partial charge is 0.433 e. The molecular formula is C19H17F3N4O2. The third-order valence-electron chi connectivity index (χ3n) is 4.59. The van der Waals surface area contributed by atoms with Gasteiger partial charge in [0.05, 0.1) is 18.0 Å². The lowest BCUT2D eigenvalue weighted by molar-refractivity contribution is -0.142. The van der Waals surface area contributed by atoms with Crippen molar-refractivity contribution < 1.29 is 22.7 Å². The van der Waals surface area contributed by atoms with Gasteiger partial charge in [0.25, 0.3) is 5.91 Å². The molecule has 1 saturated heterocycles. The number of amides is 1. The number of nitrogens with one attached hydrogen (secondary N) is 1. The number of hydrogen-bond donors (Lipinski definition) is 1. The number of halogens is 3. The molecule has 1 aromatic carbocycles. The van der Waals surface area contributed by atoms with Crippen LogP contribution in [-0.4, -0.2) is 39.8 Å². The Morgan fingerprint density at radius 1 is 1.29 bits per heavy atom. The topological polar surface area (TPSA) is 68.5 Å². The molecule has 4 rings (SSSR count). The number of nitrogens with zero attached hydrogens (tertiary/aromatic N) is 3. The number of aromatic nitrogens is 3. The molecule has 3 aromatic rings. The van der Waals surface area contributed by atoms with Gasteiger partial charge in [0.15, 0.2) is 11.3 Å². The van der Waals surface area contributed by atoms with Gasteiger partial charge >= 0.3 is 6.18 Å². The Balaban J connectivity index is 1.74. The molecule has 0 bridgehead atoms. The van der Waals surface area contributed by atoms with Crippen molar-refractivity contribution in [2.45, 2.75) is 25.1 Å². The Kier molecular flexibility index (Phi) is 4.76. The molecule has 1 N–H and O–H groups in total. The minimum absolute atomic E-state index is 0.0127. The highest BCUT2D eigenvalue weighted by atomic mass is 19.4. The summed E-state index contributed by atoms with van der Waals surface area (Å²) in [7, 11) is 0. The minimum Gasteiger partial charge on any atom is -0.376 e. The maximum absolute atomic E-state index is 13.6. The Labute approximate surface area is 158 Å². The van der Waals surface area contributed by atoms with Crippen LogP contribution in [0.5, 0.6) is 0 Å². The van der Waals surface area contributed by atoms with Crippen LogP contribution in [0.4, 0.5) is 13.2 Å². The Morgan fingerprint density at radius 3 is 2.75 bits per heavy atom. The molecule has 0 aliphatic carbocycles. The number of hydrogen-bond acceptors (Lipinski definition) is 4. The van der Waals surface area contributed by atoms with Crippen LogP contribution < -0.4 is 5.32 Å². The Bertz CT molecular complexity index is 996. The zero-order chi connectivity index (χ0) is 19.7. The summed E-state index contributed by atoms with van der Waals surface area (Å²) >= 11 is 0. The molecule has 1 unspecified atom stereocenters. The van der Waals surface area contributed by atoms with Crippen LogP contribution in [-0.2, 0) is 10.9 Å². The first-order valence-corrected chi connectivity index (χ1v) is 8.84. The average Bonchev–Trinajstić information content (AvgIpc) is 3.35. The van der Waals surface area contributed by atoms with Crippen molar-refractivity contribution in [3.63, 3.8) is 0 Å². The molecule has 0 saturated carbocycles. The number of carbonyl (C=O) groups excluding carboxylic acids is 1. The Hall–Kier alpha value is -2.94. The maximum Gasteiger partial charge on any atom is 0.433 e. The standard InChI is InChI=1S/C19H17F3N4O2/c20-19(21,22)16-9-15(12-5-2-1-3-6-12)25-17-14(11-24-26(16)17)18(27)23-10-13-7-4-8-28-13/h1-3,5-6,9,11,13H,4,7-8,10H2,(H,23,27). The van der Waals surface area contributed by atoms with Gasteiger partial charge in [-0.05, 0) is 18.9 Å². The van der Waals surface area contributed by atoms with E-state index in [1.165, 1.54) is 0 Å². The number of benzene rings is 1. The minimum atomic E-state index is -4.65. The lowest BCUT2D eigenvalue weighted by atomic mass is 10.1. The van der Waals surface area contributed by atoms with Crippen LogP contribution >= 0.6 is 0 Å². The summed E-state index contributed by atoms with van der Waals surface area (Å²) in [6.07, 6.45) is -1.86. The first kappa shape index (κ1) is 18.4. The fourth-order valence-corrected chi connectivity index (χ4v) is 3.19. The molecule has 0 spiro atoms. The molecule has 3 heterocycles. The van der Waals surface area contributed by atoms with Gasteiger partial charge in [-0.1, -0.05) is 30.3 Å². The molecule has 2 aromatic heterocycles. The van der Waals surface area contributed by atoms with E-state index in [1.54, 1.807) is 30.3 Å². The van der Waals surface area contributed by atoms with Crippen molar-refractivity contribution in [3.05, 3.63) is 53.9 Å². The van der Waals surface area contributed by atoms with Crippen LogP contribution in [0.1, 0.15) is 28.9 Å². The maximum atomic E-state index is 13.6. The highest BCUT2D eigenvalue weighted by Crippen LogP contribution is 2.32. The van der Waals surface area contributed by atoms with E-state index in [4.69, 9.17) is 4.74 Å². The van der Waals surface area contributed by atoms with Gasteiger partial charge in [0, 0.05) is 18.7 Å². The van der Waals surface area contributed by atoms with Gasteiger partial charge in [-0.15, -0.1) is 0 Å². The van der Waals surface area contributed by atoms with Gasteiger partial charge in [-0.3, -0.25) is 4.79 Å². The molecule has 1 aliphatic heterocycles. The second kappa shape index (κ2) is 7.23. The summed E-state index contributed by atoms with van der Waals surface area (Å²) in [6.45, 7) is 0.939. The molecule has 0 radical (unpaired) electrons. The molecule has 1 aliphatic rings. The van der Waals surface area contributed by atoms with Crippen LogP contribution in [0.3, 0.4) is 0 Å². The predicted octanol–water partition coefficient (Wildman–Crippen LogP) is 3.32. The number of fused-ring (bicyclic) bond motifs is 1. The van der Waals surface area contributed by atoms with Crippen molar-refractivity contribution in [1.82, 2.24) is 19.9 Å². The number of ether oxygens (including phenoxy) is 1. The zero-order valence-electron chi connectivity index (χ0n) is 14.7. The second-order valence-corrected chi connectivity index (χ2v) is 6.53. The van der Waals surface area contributed by atoms with E-state index in [1.807, 2.05) is 0 Å². The zero-order valence-corrected chi connectivity index (χ0v) is 14.7. The molecule has 1 amide bonds.